The molecule has 0 spiro atoms. The van der Waals surface area contributed by atoms with Gasteiger partial charge in [0.15, 0.2) is 0 Å². The molecule has 1 saturated carbocycles. The van der Waals surface area contributed by atoms with Gasteiger partial charge in [0.25, 0.3) is 0 Å². The van der Waals surface area contributed by atoms with Crippen molar-refractivity contribution in [2.45, 2.75) is 38.3 Å². The Hall–Kier alpha value is -0.0800. The smallest absolute Gasteiger partial charge is 0.00561 e. The lowest BCUT2D eigenvalue weighted by Crippen LogP contribution is -2.38. The molecule has 54 valence electrons. The monoisotopic (exact) mass is 128 g/mol. The molecule has 2 nitrogen and oxygen atoms in total. The van der Waals surface area contributed by atoms with Crippen LogP contribution in [0.4, 0.5) is 0 Å². The van der Waals surface area contributed by atoms with Crippen LogP contribution in [-0.2, 0) is 0 Å². The Morgan fingerprint density at radius 1 is 1.00 bits per heavy atom. The first-order valence-electron chi connectivity index (χ1n) is 3.69. The Balaban J connectivity index is 2.34. The maximum absolute atomic E-state index is 5.74. The van der Waals surface area contributed by atoms with Crippen LogP contribution in [0.3, 0.4) is 0 Å². The highest BCUT2D eigenvalue weighted by atomic mass is 14.7. The Bertz CT molecular complexity index is 67.9. The molecular formula is C7H16N2. The van der Waals surface area contributed by atoms with Crippen LogP contribution in [0.25, 0.3) is 0 Å². The molecule has 0 radical (unpaired) electrons. The van der Waals surface area contributed by atoms with Gasteiger partial charge in [-0.25, -0.2) is 0 Å². The standard InChI is InChI=1S/C7H16N2/c1-5-2-6(8)4-7(9)3-5/h5-7H,2-4,8-9H2,1H3/t5?,6-,7+. The van der Waals surface area contributed by atoms with Gasteiger partial charge in [-0.2, -0.15) is 0 Å². The average molecular weight is 128 g/mol. The van der Waals surface area contributed by atoms with Gasteiger partial charge in [-0.3, -0.25) is 0 Å². The summed E-state index contributed by atoms with van der Waals surface area (Å²) in [5.74, 6) is 0.740. The molecule has 1 unspecified atom stereocenters. The van der Waals surface area contributed by atoms with Crippen LogP contribution < -0.4 is 11.5 Å². The van der Waals surface area contributed by atoms with E-state index in [4.69, 9.17) is 11.5 Å². The van der Waals surface area contributed by atoms with E-state index in [0.29, 0.717) is 12.1 Å². The van der Waals surface area contributed by atoms with Crippen LogP contribution in [0, 0.1) is 5.92 Å². The largest absolute Gasteiger partial charge is 0.328 e. The van der Waals surface area contributed by atoms with Crippen LogP contribution in [0.15, 0.2) is 0 Å². The summed E-state index contributed by atoms with van der Waals surface area (Å²) in [5, 5.41) is 0. The zero-order valence-corrected chi connectivity index (χ0v) is 6.01. The molecule has 0 aromatic heterocycles. The molecule has 2 heteroatoms. The van der Waals surface area contributed by atoms with Gasteiger partial charge in [0, 0.05) is 12.1 Å². The van der Waals surface area contributed by atoms with Gasteiger partial charge in [-0.1, -0.05) is 6.92 Å². The van der Waals surface area contributed by atoms with Crippen molar-refractivity contribution in [3.63, 3.8) is 0 Å². The summed E-state index contributed by atoms with van der Waals surface area (Å²) in [4.78, 5) is 0. The first-order chi connectivity index (χ1) is 4.18. The van der Waals surface area contributed by atoms with E-state index in [0.717, 1.165) is 25.2 Å². The van der Waals surface area contributed by atoms with Gasteiger partial charge in [0.1, 0.15) is 0 Å². The molecule has 0 aromatic rings. The summed E-state index contributed by atoms with van der Waals surface area (Å²) in [6, 6.07) is 0.729. The van der Waals surface area contributed by atoms with Crippen molar-refractivity contribution in [2.24, 2.45) is 17.4 Å². The third-order valence-corrected chi connectivity index (χ3v) is 2.02. The van der Waals surface area contributed by atoms with Gasteiger partial charge in [0.2, 0.25) is 0 Å². The highest BCUT2D eigenvalue weighted by molar-refractivity contribution is 4.80. The van der Waals surface area contributed by atoms with Crippen LogP contribution in [0.1, 0.15) is 26.2 Å². The minimum atomic E-state index is 0.365. The van der Waals surface area contributed by atoms with Crippen molar-refractivity contribution in [3.8, 4) is 0 Å². The fraction of sp³-hybridized carbons (Fsp3) is 1.00. The van der Waals surface area contributed by atoms with Gasteiger partial charge in [-0.05, 0) is 25.2 Å². The highest BCUT2D eigenvalue weighted by Crippen LogP contribution is 2.21. The molecule has 0 aromatic carbocycles. The number of rotatable bonds is 0. The van der Waals surface area contributed by atoms with E-state index in [9.17, 15) is 0 Å². The normalized spacial score (nSPS) is 45.0. The van der Waals surface area contributed by atoms with Crippen LogP contribution in [0.2, 0.25) is 0 Å². The second-order valence-corrected chi connectivity index (χ2v) is 3.33. The van der Waals surface area contributed by atoms with E-state index < -0.39 is 0 Å². The van der Waals surface area contributed by atoms with E-state index in [-0.39, 0.29) is 0 Å². The number of hydrogen-bond donors (Lipinski definition) is 2. The molecule has 0 saturated heterocycles. The van der Waals surface area contributed by atoms with Crippen molar-refractivity contribution in [3.05, 3.63) is 0 Å². The first kappa shape index (κ1) is 7.03. The summed E-state index contributed by atoms with van der Waals surface area (Å²) in [6.07, 6.45) is 3.34. The molecule has 1 aliphatic rings. The van der Waals surface area contributed by atoms with Crippen molar-refractivity contribution < 1.29 is 0 Å². The quantitative estimate of drug-likeness (QED) is 0.498. The lowest BCUT2D eigenvalue weighted by atomic mass is 9.84. The Morgan fingerprint density at radius 3 is 1.78 bits per heavy atom. The minimum Gasteiger partial charge on any atom is -0.328 e. The van der Waals surface area contributed by atoms with Crippen LogP contribution in [0.5, 0.6) is 0 Å². The van der Waals surface area contributed by atoms with E-state index in [1.807, 2.05) is 0 Å². The summed E-state index contributed by atoms with van der Waals surface area (Å²) in [6.45, 7) is 2.22. The molecule has 3 atom stereocenters. The van der Waals surface area contributed by atoms with Crippen LogP contribution >= 0.6 is 0 Å². The zero-order valence-electron chi connectivity index (χ0n) is 6.01. The molecule has 0 amide bonds. The fourth-order valence-corrected chi connectivity index (χ4v) is 1.71. The number of hydrogen-bond acceptors (Lipinski definition) is 2. The molecule has 0 heterocycles. The van der Waals surface area contributed by atoms with Gasteiger partial charge in [0.05, 0.1) is 0 Å². The fourth-order valence-electron chi connectivity index (χ4n) is 1.71. The van der Waals surface area contributed by atoms with E-state index in [1.54, 1.807) is 0 Å². The maximum atomic E-state index is 5.74. The summed E-state index contributed by atoms with van der Waals surface area (Å²) in [5.41, 5.74) is 11.5. The third-order valence-electron chi connectivity index (χ3n) is 2.02. The molecule has 0 bridgehead atoms. The third kappa shape index (κ3) is 1.95. The maximum Gasteiger partial charge on any atom is 0.00561 e. The van der Waals surface area contributed by atoms with Gasteiger partial charge >= 0.3 is 0 Å². The number of nitrogens with two attached hydrogens (primary N) is 2. The summed E-state index contributed by atoms with van der Waals surface area (Å²) < 4.78 is 0. The highest BCUT2D eigenvalue weighted by Gasteiger charge is 2.20. The second-order valence-electron chi connectivity index (χ2n) is 3.33. The minimum absolute atomic E-state index is 0.365. The predicted molar refractivity (Wildman–Crippen MR) is 39.0 cm³/mol. The van der Waals surface area contributed by atoms with Crippen molar-refractivity contribution in [1.29, 1.82) is 0 Å². The topological polar surface area (TPSA) is 52.0 Å². The molecule has 1 fully saturated rings. The SMILES string of the molecule is CC1C[C@@H](N)C[C@@H](N)C1. The average Bonchev–Trinajstić information content (AvgIpc) is 1.59. The van der Waals surface area contributed by atoms with Crippen molar-refractivity contribution in [1.82, 2.24) is 0 Å². The molecule has 0 aliphatic heterocycles. The first-order valence-corrected chi connectivity index (χ1v) is 3.69. The molecule has 1 aliphatic carbocycles. The summed E-state index contributed by atoms with van der Waals surface area (Å²) >= 11 is 0. The molecule has 9 heavy (non-hydrogen) atoms. The summed E-state index contributed by atoms with van der Waals surface area (Å²) in [7, 11) is 0. The molecular weight excluding hydrogens is 112 g/mol. The molecule has 1 rings (SSSR count). The Morgan fingerprint density at radius 2 is 1.44 bits per heavy atom. The van der Waals surface area contributed by atoms with E-state index in [1.165, 1.54) is 0 Å². The lowest BCUT2D eigenvalue weighted by Gasteiger charge is -2.28. The van der Waals surface area contributed by atoms with E-state index in [2.05, 4.69) is 6.92 Å². The Kier molecular flexibility index (Phi) is 2.09. The second kappa shape index (κ2) is 2.67. The lowest BCUT2D eigenvalue weighted by molar-refractivity contribution is 0.309. The van der Waals surface area contributed by atoms with Gasteiger partial charge in [-0.15, -0.1) is 0 Å². The predicted octanol–water partition coefficient (Wildman–Crippen LogP) is 0.461. The van der Waals surface area contributed by atoms with Crippen molar-refractivity contribution in [2.75, 3.05) is 0 Å². The molecule has 4 N–H and O–H groups in total. The van der Waals surface area contributed by atoms with Crippen molar-refractivity contribution >= 4 is 0 Å². The zero-order chi connectivity index (χ0) is 6.85. The Labute approximate surface area is 56.6 Å². The van der Waals surface area contributed by atoms with Crippen LogP contribution in [-0.4, -0.2) is 12.1 Å². The van der Waals surface area contributed by atoms with Gasteiger partial charge < -0.3 is 11.5 Å². The van der Waals surface area contributed by atoms with E-state index >= 15 is 0 Å².